The molecule has 1 aromatic heterocycles. The van der Waals surface area contributed by atoms with Crippen molar-refractivity contribution in [1.29, 1.82) is 0 Å². The van der Waals surface area contributed by atoms with Gasteiger partial charge in [-0.3, -0.25) is 14.5 Å². The van der Waals surface area contributed by atoms with Crippen LogP contribution < -0.4 is 5.32 Å². The van der Waals surface area contributed by atoms with Gasteiger partial charge in [-0.05, 0) is 37.1 Å². The molecular weight excluding hydrogens is 462 g/mol. The van der Waals surface area contributed by atoms with Gasteiger partial charge in [0.15, 0.2) is 0 Å². The van der Waals surface area contributed by atoms with Gasteiger partial charge >= 0.3 is 5.97 Å². The predicted molar refractivity (Wildman–Crippen MR) is 138 cm³/mol. The first-order valence-electron chi connectivity index (χ1n) is 11.7. The molecule has 0 aliphatic carbocycles. The molecule has 2 heterocycles. The third kappa shape index (κ3) is 5.78. The van der Waals surface area contributed by atoms with Gasteiger partial charge in [0.2, 0.25) is 5.91 Å². The number of ether oxygens (including phenoxy) is 1. The van der Waals surface area contributed by atoms with Gasteiger partial charge in [0.1, 0.15) is 5.00 Å². The molecule has 2 aromatic carbocycles. The number of nitrogens with one attached hydrogen (secondary N) is 1. The van der Waals surface area contributed by atoms with E-state index in [0.29, 0.717) is 42.3 Å². The van der Waals surface area contributed by atoms with Crippen molar-refractivity contribution in [2.45, 2.75) is 13.8 Å². The van der Waals surface area contributed by atoms with Crippen molar-refractivity contribution in [3.05, 3.63) is 77.4 Å². The molecule has 0 unspecified atom stereocenters. The third-order valence-electron chi connectivity index (χ3n) is 5.96. The van der Waals surface area contributed by atoms with Crippen molar-refractivity contribution < 1.29 is 19.1 Å². The number of carbonyl (C=O) groups is 3. The van der Waals surface area contributed by atoms with Crippen LogP contribution in [0.1, 0.15) is 33.2 Å². The number of nitrogens with zero attached hydrogens (tertiary/aromatic N) is 2. The zero-order valence-corrected chi connectivity index (χ0v) is 20.8. The van der Waals surface area contributed by atoms with Gasteiger partial charge in [-0.15, -0.1) is 11.3 Å². The van der Waals surface area contributed by atoms with E-state index in [-0.39, 0.29) is 25.0 Å². The summed E-state index contributed by atoms with van der Waals surface area (Å²) in [5.41, 5.74) is 2.86. The molecule has 0 radical (unpaired) electrons. The molecule has 0 bridgehead atoms. The highest BCUT2D eigenvalue weighted by Gasteiger charge is 2.26. The highest BCUT2D eigenvalue weighted by Crippen LogP contribution is 2.40. The zero-order chi connectivity index (χ0) is 24.8. The van der Waals surface area contributed by atoms with Gasteiger partial charge in [0, 0.05) is 36.6 Å². The SMILES string of the molecule is CCOC(=O)c1c(NC(=O)CN2CCN(C(=O)c3ccccc3)CC2)sc(-c2ccccc2)c1C. The first kappa shape index (κ1) is 24.6. The molecule has 8 heteroatoms. The molecule has 35 heavy (non-hydrogen) atoms. The number of anilines is 1. The predicted octanol–water partition coefficient (Wildman–Crippen LogP) is 4.30. The molecule has 1 aliphatic rings. The largest absolute Gasteiger partial charge is 0.462 e. The van der Waals surface area contributed by atoms with E-state index >= 15 is 0 Å². The van der Waals surface area contributed by atoms with Gasteiger partial charge in [-0.1, -0.05) is 48.5 Å². The fourth-order valence-electron chi connectivity index (χ4n) is 4.16. The summed E-state index contributed by atoms with van der Waals surface area (Å²) in [5, 5.41) is 3.45. The summed E-state index contributed by atoms with van der Waals surface area (Å²) in [4.78, 5) is 43.1. The Morgan fingerprint density at radius 3 is 2.20 bits per heavy atom. The smallest absolute Gasteiger partial charge is 0.341 e. The van der Waals surface area contributed by atoms with E-state index in [1.807, 2.05) is 77.4 Å². The molecule has 0 spiro atoms. The summed E-state index contributed by atoms with van der Waals surface area (Å²) >= 11 is 1.38. The average Bonchev–Trinajstić information content (AvgIpc) is 3.20. The normalized spacial score (nSPS) is 13.9. The second kappa shape index (κ2) is 11.3. The quantitative estimate of drug-likeness (QED) is 0.499. The minimum Gasteiger partial charge on any atom is -0.462 e. The lowest BCUT2D eigenvalue weighted by Gasteiger charge is -2.34. The minimum absolute atomic E-state index is 0.0104. The van der Waals surface area contributed by atoms with Crippen LogP contribution in [0.3, 0.4) is 0 Å². The van der Waals surface area contributed by atoms with Gasteiger partial charge in [-0.2, -0.15) is 0 Å². The molecule has 7 nitrogen and oxygen atoms in total. The lowest BCUT2D eigenvalue weighted by Crippen LogP contribution is -2.50. The zero-order valence-electron chi connectivity index (χ0n) is 20.0. The summed E-state index contributed by atoms with van der Waals surface area (Å²) in [5.74, 6) is -0.623. The Hall–Kier alpha value is -3.49. The monoisotopic (exact) mass is 491 g/mol. The van der Waals surface area contributed by atoms with Gasteiger partial charge in [0.25, 0.3) is 5.91 Å². The summed E-state index contributed by atoms with van der Waals surface area (Å²) in [6.45, 7) is 6.42. The summed E-state index contributed by atoms with van der Waals surface area (Å²) in [7, 11) is 0. The van der Waals surface area contributed by atoms with Crippen LogP contribution in [0.5, 0.6) is 0 Å². The number of esters is 1. The molecule has 4 rings (SSSR count). The fourth-order valence-corrected chi connectivity index (χ4v) is 5.37. The molecule has 2 amide bonds. The highest BCUT2D eigenvalue weighted by atomic mass is 32.1. The van der Waals surface area contributed by atoms with Crippen LogP contribution in [0.15, 0.2) is 60.7 Å². The lowest BCUT2D eigenvalue weighted by molar-refractivity contribution is -0.117. The van der Waals surface area contributed by atoms with Crippen molar-refractivity contribution in [3.63, 3.8) is 0 Å². The number of hydrogen-bond acceptors (Lipinski definition) is 6. The molecule has 1 N–H and O–H groups in total. The molecule has 0 saturated carbocycles. The van der Waals surface area contributed by atoms with E-state index < -0.39 is 5.97 Å². The molecule has 1 fully saturated rings. The molecule has 182 valence electrons. The number of amides is 2. The molecule has 1 aliphatic heterocycles. The van der Waals surface area contributed by atoms with Crippen molar-refractivity contribution in [3.8, 4) is 10.4 Å². The first-order valence-corrected chi connectivity index (χ1v) is 12.5. The molecule has 1 saturated heterocycles. The van der Waals surface area contributed by atoms with E-state index in [0.717, 1.165) is 16.0 Å². The van der Waals surface area contributed by atoms with Crippen LogP contribution >= 0.6 is 11.3 Å². The molecular formula is C27H29N3O4S. The van der Waals surface area contributed by atoms with Crippen LogP contribution in [-0.4, -0.2) is 66.9 Å². The summed E-state index contributed by atoms with van der Waals surface area (Å²) < 4.78 is 5.27. The Balaban J connectivity index is 1.41. The standard InChI is InChI=1S/C27H29N3O4S/c1-3-34-27(33)23-19(2)24(20-10-6-4-7-11-20)35-25(23)28-22(31)18-29-14-16-30(17-15-29)26(32)21-12-8-5-9-13-21/h4-13H,3,14-18H2,1-2H3,(H,28,31). The maximum Gasteiger partial charge on any atom is 0.341 e. The van der Waals surface area contributed by atoms with E-state index in [1.165, 1.54) is 11.3 Å². The number of rotatable bonds is 7. The average molecular weight is 492 g/mol. The summed E-state index contributed by atoms with van der Waals surface area (Å²) in [6.07, 6.45) is 0. The second-order valence-corrected chi connectivity index (χ2v) is 9.35. The van der Waals surface area contributed by atoms with Crippen molar-refractivity contribution >= 4 is 34.1 Å². The van der Waals surface area contributed by atoms with Crippen LogP contribution in [0.2, 0.25) is 0 Å². The second-order valence-electron chi connectivity index (χ2n) is 8.33. The number of carbonyl (C=O) groups excluding carboxylic acids is 3. The molecule has 3 aromatic rings. The van der Waals surface area contributed by atoms with Gasteiger partial charge in [-0.25, -0.2) is 4.79 Å². The third-order valence-corrected chi connectivity index (χ3v) is 7.22. The Labute approximate surface area is 209 Å². The van der Waals surface area contributed by atoms with E-state index in [4.69, 9.17) is 4.74 Å². The van der Waals surface area contributed by atoms with Crippen LogP contribution in [0.25, 0.3) is 10.4 Å². The Bertz CT molecular complexity index is 1190. The van der Waals surface area contributed by atoms with E-state index in [1.54, 1.807) is 6.92 Å². The van der Waals surface area contributed by atoms with Crippen molar-refractivity contribution in [1.82, 2.24) is 9.80 Å². The van der Waals surface area contributed by atoms with E-state index in [2.05, 4.69) is 5.32 Å². The van der Waals surface area contributed by atoms with Crippen LogP contribution in [-0.2, 0) is 9.53 Å². The van der Waals surface area contributed by atoms with Crippen molar-refractivity contribution in [2.24, 2.45) is 0 Å². The van der Waals surface area contributed by atoms with Gasteiger partial charge in [0.05, 0.1) is 18.7 Å². The van der Waals surface area contributed by atoms with Crippen LogP contribution in [0, 0.1) is 6.92 Å². The van der Waals surface area contributed by atoms with Crippen molar-refractivity contribution in [2.75, 3.05) is 44.6 Å². The lowest BCUT2D eigenvalue weighted by atomic mass is 10.1. The van der Waals surface area contributed by atoms with E-state index in [9.17, 15) is 14.4 Å². The maximum atomic E-state index is 12.9. The number of piperazine rings is 1. The first-order chi connectivity index (χ1) is 17.0. The van der Waals surface area contributed by atoms with Gasteiger partial charge < -0.3 is 15.0 Å². The summed E-state index contributed by atoms with van der Waals surface area (Å²) in [6, 6.07) is 19.0. The number of benzene rings is 2. The van der Waals surface area contributed by atoms with Crippen LogP contribution in [0.4, 0.5) is 5.00 Å². The number of hydrogen-bond donors (Lipinski definition) is 1. The fraction of sp³-hybridized carbons (Fsp3) is 0.296. The highest BCUT2D eigenvalue weighted by molar-refractivity contribution is 7.20. The Kier molecular flexibility index (Phi) is 7.94. The number of thiophene rings is 1. The minimum atomic E-state index is -0.438. The molecule has 0 atom stereocenters. The Morgan fingerprint density at radius 2 is 1.57 bits per heavy atom. The Morgan fingerprint density at radius 1 is 0.943 bits per heavy atom. The topological polar surface area (TPSA) is 79.0 Å². The maximum absolute atomic E-state index is 12.9.